The first-order valence-electron chi connectivity index (χ1n) is 13.2. The molecule has 1 aliphatic rings. The van der Waals surface area contributed by atoms with E-state index in [1.807, 2.05) is 0 Å². The van der Waals surface area contributed by atoms with Crippen LogP contribution in [0.3, 0.4) is 0 Å². The Hall–Kier alpha value is -2.34. The number of aryl methyl sites for hydroxylation is 7. The van der Waals surface area contributed by atoms with E-state index in [1.54, 1.807) is 5.56 Å². The molecule has 3 aromatic rings. The minimum atomic E-state index is 0.855. The van der Waals surface area contributed by atoms with Crippen molar-refractivity contribution in [3.63, 3.8) is 0 Å². The Bertz CT molecular complexity index is 1030. The highest BCUT2D eigenvalue weighted by atomic mass is 14.2. The molecule has 0 heteroatoms. The zero-order chi connectivity index (χ0) is 25.4. The highest BCUT2D eigenvalue weighted by molar-refractivity contribution is 5.39. The van der Waals surface area contributed by atoms with Crippen LogP contribution in [0.5, 0.6) is 0 Å². The second kappa shape index (κ2) is 12.9. The van der Waals surface area contributed by atoms with Gasteiger partial charge in [-0.25, -0.2) is 0 Å². The molecule has 0 aromatic heterocycles. The molecule has 0 heterocycles. The van der Waals surface area contributed by atoms with Crippen LogP contribution in [0.25, 0.3) is 0 Å². The summed E-state index contributed by atoms with van der Waals surface area (Å²) >= 11 is 0. The lowest BCUT2D eigenvalue weighted by Crippen LogP contribution is -1.96. The maximum absolute atomic E-state index is 2.40. The lowest BCUT2D eigenvalue weighted by molar-refractivity contribution is 0.721. The van der Waals surface area contributed by atoms with Crippen molar-refractivity contribution < 1.29 is 0 Å². The molecule has 0 radical (unpaired) electrons. The zero-order valence-corrected chi connectivity index (χ0v) is 23.7. The van der Waals surface area contributed by atoms with Gasteiger partial charge in [-0.05, 0) is 143 Å². The second-order valence-electron chi connectivity index (χ2n) is 10.5. The maximum Gasteiger partial charge on any atom is -0.0162 e. The van der Waals surface area contributed by atoms with Crippen molar-refractivity contribution in [2.45, 2.75) is 107 Å². The van der Waals surface area contributed by atoms with Gasteiger partial charge in [0, 0.05) is 0 Å². The Balaban J connectivity index is 0.000000185. The Kier molecular flexibility index (Phi) is 10.6. The summed E-state index contributed by atoms with van der Waals surface area (Å²) in [4.78, 5) is 0. The fraction of sp³-hybridized carbons (Fsp3) is 0.471. The third-order valence-electron chi connectivity index (χ3n) is 7.95. The largest absolute Gasteiger partial charge is 0.0617 e. The van der Waals surface area contributed by atoms with Crippen molar-refractivity contribution >= 4 is 0 Å². The molecule has 0 nitrogen and oxygen atoms in total. The van der Waals surface area contributed by atoms with E-state index in [2.05, 4.69) is 112 Å². The third-order valence-corrected chi connectivity index (χ3v) is 7.95. The van der Waals surface area contributed by atoms with Gasteiger partial charge in [-0.3, -0.25) is 0 Å². The molecule has 4 rings (SSSR count). The summed E-state index contributed by atoms with van der Waals surface area (Å²) in [5.74, 6) is 0.855. The molecular weight excluding hydrogens is 408 g/mol. The van der Waals surface area contributed by atoms with Gasteiger partial charge in [-0.1, -0.05) is 67.8 Å². The highest BCUT2D eigenvalue weighted by Crippen LogP contribution is 2.35. The first kappa shape index (κ1) is 27.9. The number of hydrogen-bond donors (Lipinski definition) is 0. The smallest absolute Gasteiger partial charge is 0.0162 e. The van der Waals surface area contributed by atoms with Crippen molar-refractivity contribution in [1.29, 1.82) is 0 Å². The van der Waals surface area contributed by atoms with E-state index in [1.165, 1.54) is 81.3 Å². The normalized spacial score (nSPS) is 13.1. The topological polar surface area (TPSA) is 0 Å². The summed E-state index contributed by atoms with van der Waals surface area (Å²) in [6.45, 7) is 21.9. The van der Waals surface area contributed by atoms with Gasteiger partial charge < -0.3 is 0 Å². The first-order valence-corrected chi connectivity index (χ1v) is 13.2. The molecule has 0 bridgehead atoms. The minimum Gasteiger partial charge on any atom is -0.0617 e. The Labute approximate surface area is 210 Å². The Morgan fingerprint density at radius 1 is 0.588 bits per heavy atom. The van der Waals surface area contributed by atoms with Crippen LogP contribution in [0.15, 0.2) is 42.5 Å². The number of hydrogen-bond acceptors (Lipinski definition) is 0. The van der Waals surface area contributed by atoms with Crippen LogP contribution in [-0.4, -0.2) is 0 Å². The van der Waals surface area contributed by atoms with Crippen LogP contribution in [0.2, 0.25) is 0 Å². The van der Waals surface area contributed by atoms with Gasteiger partial charge in [-0.15, -0.1) is 0 Å². The fourth-order valence-corrected chi connectivity index (χ4v) is 5.01. The molecule has 3 aromatic carbocycles. The number of rotatable bonds is 2. The molecule has 1 saturated carbocycles. The first-order chi connectivity index (χ1) is 16.0. The standard InChI is InChI=1S/C14H20.2C10H14/c1-10-8-14(9-11(2)12(10)3)13-6-4-5-7-13;1-7-5-8(2)10(4)9(3)6-7;1-4-10-7-5-6-8(2)9(10)3/h8-9,13H,4-7H2,1-3H3;5-6H,1-4H3;5-7H,4H2,1-3H3. The van der Waals surface area contributed by atoms with Crippen molar-refractivity contribution in [2.24, 2.45) is 0 Å². The molecule has 34 heavy (non-hydrogen) atoms. The summed E-state index contributed by atoms with van der Waals surface area (Å²) in [6, 6.07) is 15.7. The summed E-state index contributed by atoms with van der Waals surface area (Å²) in [6.07, 6.45) is 6.81. The van der Waals surface area contributed by atoms with Crippen LogP contribution in [0.4, 0.5) is 0 Å². The van der Waals surface area contributed by atoms with Crippen LogP contribution in [0.1, 0.15) is 99.7 Å². The van der Waals surface area contributed by atoms with Crippen molar-refractivity contribution in [2.75, 3.05) is 0 Å². The predicted octanol–water partition coefficient (Wildman–Crippen LogP) is 10.1. The fourth-order valence-electron chi connectivity index (χ4n) is 5.01. The van der Waals surface area contributed by atoms with Crippen LogP contribution < -0.4 is 0 Å². The molecule has 0 saturated heterocycles. The second-order valence-corrected chi connectivity index (χ2v) is 10.5. The van der Waals surface area contributed by atoms with E-state index in [0.29, 0.717) is 0 Å². The van der Waals surface area contributed by atoms with Crippen LogP contribution in [-0.2, 0) is 6.42 Å². The molecule has 0 N–H and O–H groups in total. The van der Waals surface area contributed by atoms with E-state index in [-0.39, 0.29) is 0 Å². The van der Waals surface area contributed by atoms with Gasteiger partial charge in [0.25, 0.3) is 0 Å². The molecule has 0 aliphatic heterocycles. The lowest BCUT2D eigenvalue weighted by atomic mass is 9.92. The van der Waals surface area contributed by atoms with Gasteiger partial charge in [0.05, 0.1) is 0 Å². The van der Waals surface area contributed by atoms with E-state index < -0.39 is 0 Å². The SMILES string of the molecule is CCc1cccc(C)c1C.Cc1cc(C)c(C)c(C)c1.Cc1cc(C2CCCC2)cc(C)c1C. The monoisotopic (exact) mass is 456 g/mol. The lowest BCUT2D eigenvalue weighted by Gasteiger charge is -2.14. The van der Waals surface area contributed by atoms with Gasteiger partial charge in [0.2, 0.25) is 0 Å². The molecule has 0 atom stereocenters. The summed E-state index contributed by atoms with van der Waals surface area (Å²) in [7, 11) is 0. The molecule has 0 unspecified atom stereocenters. The summed E-state index contributed by atoms with van der Waals surface area (Å²) in [5, 5.41) is 0. The predicted molar refractivity (Wildman–Crippen MR) is 153 cm³/mol. The van der Waals surface area contributed by atoms with E-state index in [9.17, 15) is 0 Å². The van der Waals surface area contributed by atoms with Crippen LogP contribution >= 0.6 is 0 Å². The zero-order valence-electron chi connectivity index (χ0n) is 23.7. The van der Waals surface area contributed by atoms with Gasteiger partial charge in [0.1, 0.15) is 0 Å². The quantitative estimate of drug-likeness (QED) is 0.360. The molecule has 1 aliphatic carbocycles. The van der Waals surface area contributed by atoms with Gasteiger partial charge >= 0.3 is 0 Å². The summed E-state index contributed by atoms with van der Waals surface area (Å²) < 4.78 is 0. The molecule has 184 valence electrons. The van der Waals surface area contributed by atoms with Crippen molar-refractivity contribution in [3.05, 3.63) is 104 Å². The molecule has 0 spiro atoms. The molecular formula is C34H48. The minimum absolute atomic E-state index is 0.855. The van der Waals surface area contributed by atoms with Crippen molar-refractivity contribution in [1.82, 2.24) is 0 Å². The molecule has 0 amide bonds. The highest BCUT2D eigenvalue weighted by Gasteiger charge is 2.17. The number of benzene rings is 3. The maximum atomic E-state index is 2.40. The van der Waals surface area contributed by atoms with Gasteiger partial charge in [0.15, 0.2) is 0 Å². The van der Waals surface area contributed by atoms with Gasteiger partial charge in [-0.2, -0.15) is 0 Å². The average molecular weight is 457 g/mol. The van der Waals surface area contributed by atoms with E-state index >= 15 is 0 Å². The van der Waals surface area contributed by atoms with Crippen molar-refractivity contribution in [3.8, 4) is 0 Å². The third kappa shape index (κ3) is 7.59. The summed E-state index contributed by atoms with van der Waals surface area (Å²) in [5.41, 5.74) is 15.9. The van der Waals surface area contributed by atoms with Crippen LogP contribution in [0, 0.1) is 62.3 Å². The van der Waals surface area contributed by atoms with E-state index in [0.717, 1.165) is 12.3 Å². The molecule has 1 fully saturated rings. The van der Waals surface area contributed by atoms with E-state index in [4.69, 9.17) is 0 Å². The Morgan fingerprint density at radius 3 is 1.50 bits per heavy atom. The average Bonchev–Trinajstić information content (AvgIpc) is 3.33. The Morgan fingerprint density at radius 2 is 1.06 bits per heavy atom.